The predicted octanol–water partition coefficient (Wildman–Crippen LogP) is 5.38. The van der Waals surface area contributed by atoms with Crippen LogP contribution in [-0.2, 0) is 26.9 Å². The summed E-state index contributed by atoms with van der Waals surface area (Å²) in [5, 5.41) is 3.78. The van der Waals surface area contributed by atoms with Gasteiger partial charge in [-0.1, -0.05) is 25.4 Å². The average molecular weight is 665 g/mol. The van der Waals surface area contributed by atoms with Gasteiger partial charge in [0, 0.05) is 35.3 Å². The van der Waals surface area contributed by atoms with E-state index in [9.17, 15) is 8.42 Å². The van der Waals surface area contributed by atoms with Crippen LogP contribution in [0.25, 0.3) is 0 Å². The Bertz CT molecular complexity index is 1900. The lowest BCUT2D eigenvalue weighted by molar-refractivity contribution is -0.127. The molecule has 0 spiro atoms. The van der Waals surface area contributed by atoms with E-state index in [-0.39, 0.29) is 23.4 Å². The van der Waals surface area contributed by atoms with E-state index in [2.05, 4.69) is 10.3 Å². The molecule has 0 aliphatic carbocycles. The highest BCUT2D eigenvalue weighted by Crippen LogP contribution is 2.58. The molecule has 240 valence electrons. The van der Waals surface area contributed by atoms with Gasteiger partial charge >= 0.3 is 0 Å². The Hall–Kier alpha value is -4.10. The van der Waals surface area contributed by atoms with Gasteiger partial charge in [0.2, 0.25) is 12.7 Å². The van der Waals surface area contributed by atoms with E-state index in [0.29, 0.717) is 65.2 Å². The second kappa shape index (κ2) is 11.6. The van der Waals surface area contributed by atoms with E-state index < -0.39 is 27.5 Å². The number of nitrogens with zero attached hydrogens (tertiary/aromatic N) is 3. The number of amides is 1. The first-order valence-electron chi connectivity index (χ1n) is 15.0. The van der Waals surface area contributed by atoms with Gasteiger partial charge in [-0.25, -0.2) is 17.7 Å². The number of methoxy groups -OCH3 is 1. The Balaban J connectivity index is 1.52. The maximum absolute atomic E-state index is 15.5. The third-order valence-corrected chi connectivity index (χ3v) is 10.7. The molecule has 13 heteroatoms. The smallest absolute Gasteiger partial charge is 0.271 e. The Morgan fingerprint density at radius 2 is 1.91 bits per heavy atom. The molecule has 0 saturated carbocycles. The molecule has 2 atom stereocenters. The number of halogens is 1. The number of sulfonamides is 1. The number of ether oxygens (including phenoxy) is 3. The van der Waals surface area contributed by atoms with Crippen molar-refractivity contribution >= 4 is 33.2 Å². The SMILES string of the molecule is COc1ccc(S(=O)(=O)N2C(=O)C(c3cc(CNC(C)C)cc4c3OCO4)(N3CCC[C@H]3c3ncco3)c3cc(Cl)ccc32)cc1. The van der Waals surface area contributed by atoms with E-state index in [1.807, 2.05) is 30.9 Å². The minimum absolute atomic E-state index is 0.0485. The number of carbonyl (C=O) groups excluding carboxylic acids is 1. The van der Waals surface area contributed by atoms with Gasteiger partial charge in [0.15, 0.2) is 17.0 Å². The molecule has 7 rings (SSSR count). The maximum Gasteiger partial charge on any atom is 0.271 e. The standard InChI is InChI=1S/C33H33ClN4O7S/c1-20(2)36-18-21-15-26(30-29(16-21)44-19-45-30)33(37-13-4-5-28(37)31-35-12-14-43-31)25-17-22(34)6-11-27(25)38(32(33)39)46(40,41)24-9-7-23(42-3)8-10-24/h6-12,14-17,20,28,36H,4-5,13,18-19H2,1-3H3/t28-,33?/m0/s1. The first kappa shape index (κ1) is 30.5. The zero-order valence-electron chi connectivity index (χ0n) is 25.5. The number of anilines is 1. The molecule has 3 aromatic carbocycles. The van der Waals surface area contributed by atoms with Crippen LogP contribution in [-0.4, -0.2) is 50.7 Å². The van der Waals surface area contributed by atoms with E-state index in [1.165, 1.54) is 25.5 Å². The molecule has 1 unspecified atom stereocenters. The molecule has 1 amide bonds. The van der Waals surface area contributed by atoms with Crippen molar-refractivity contribution in [1.82, 2.24) is 15.2 Å². The van der Waals surface area contributed by atoms with Crippen molar-refractivity contribution in [3.8, 4) is 17.2 Å². The second-order valence-corrected chi connectivity index (χ2v) is 14.0. The number of aromatic nitrogens is 1. The number of carbonyl (C=O) groups is 1. The molecule has 1 N–H and O–H groups in total. The fourth-order valence-electron chi connectivity index (χ4n) is 6.71. The van der Waals surface area contributed by atoms with Gasteiger partial charge in [-0.3, -0.25) is 9.69 Å². The van der Waals surface area contributed by atoms with Crippen molar-refractivity contribution in [2.45, 2.75) is 55.8 Å². The van der Waals surface area contributed by atoms with E-state index in [4.69, 9.17) is 30.2 Å². The van der Waals surface area contributed by atoms with Crippen molar-refractivity contribution in [3.05, 3.63) is 94.7 Å². The summed E-state index contributed by atoms with van der Waals surface area (Å²) >= 11 is 6.67. The fourth-order valence-corrected chi connectivity index (χ4v) is 8.35. The average Bonchev–Trinajstić information content (AvgIpc) is 3.86. The van der Waals surface area contributed by atoms with Gasteiger partial charge in [-0.05, 0) is 73.0 Å². The number of hydrogen-bond donors (Lipinski definition) is 1. The van der Waals surface area contributed by atoms with Crippen LogP contribution in [0.15, 0.2) is 76.4 Å². The normalized spacial score (nSPS) is 20.9. The monoisotopic (exact) mass is 664 g/mol. The summed E-state index contributed by atoms with van der Waals surface area (Å²) in [5.74, 6) is 1.06. The number of fused-ring (bicyclic) bond motifs is 2. The molecule has 1 aromatic heterocycles. The number of rotatable bonds is 9. The second-order valence-electron chi connectivity index (χ2n) is 11.8. The number of likely N-dealkylation sites (tertiary alicyclic amines) is 1. The van der Waals surface area contributed by atoms with Crippen LogP contribution in [0.3, 0.4) is 0 Å². The van der Waals surface area contributed by atoms with Gasteiger partial charge in [0.05, 0.1) is 29.9 Å². The van der Waals surface area contributed by atoms with Gasteiger partial charge in [0.1, 0.15) is 12.0 Å². The molecule has 3 aliphatic heterocycles. The molecular weight excluding hydrogens is 632 g/mol. The van der Waals surface area contributed by atoms with Crippen LogP contribution >= 0.6 is 11.6 Å². The molecular formula is C33H33ClN4O7S. The number of hydrogen-bond acceptors (Lipinski definition) is 10. The minimum Gasteiger partial charge on any atom is -0.497 e. The third kappa shape index (κ3) is 4.74. The van der Waals surface area contributed by atoms with Gasteiger partial charge in [-0.15, -0.1) is 0 Å². The van der Waals surface area contributed by atoms with Gasteiger partial charge < -0.3 is 23.9 Å². The summed E-state index contributed by atoms with van der Waals surface area (Å²) in [6.07, 6.45) is 4.39. The van der Waals surface area contributed by atoms with Crippen LogP contribution in [0.5, 0.6) is 17.2 Å². The summed E-state index contributed by atoms with van der Waals surface area (Å²) in [6, 6.07) is 14.3. The molecule has 3 aliphatic rings. The molecule has 4 heterocycles. The van der Waals surface area contributed by atoms with Crippen molar-refractivity contribution in [1.29, 1.82) is 0 Å². The first-order valence-corrected chi connectivity index (χ1v) is 16.8. The summed E-state index contributed by atoms with van der Waals surface area (Å²) in [5.41, 5.74) is 0.199. The summed E-state index contributed by atoms with van der Waals surface area (Å²) in [4.78, 5) is 21.9. The molecule has 4 aromatic rings. The number of nitrogens with one attached hydrogen (secondary N) is 1. The Labute approximate surface area is 272 Å². The van der Waals surface area contributed by atoms with Crippen LogP contribution in [0.1, 0.15) is 55.3 Å². The minimum atomic E-state index is -4.43. The highest BCUT2D eigenvalue weighted by Gasteiger charge is 2.63. The maximum atomic E-state index is 15.5. The summed E-state index contributed by atoms with van der Waals surface area (Å²) in [7, 11) is -2.93. The first-order chi connectivity index (χ1) is 22.2. The lowest BCUT2D eigenvalue weighted by atomic mass is 9.80. The molecule has 1 fully saturated rings. The van der Waals surface area contributed by atoms with Crippen molar-refractivity contribution in [2.24, 2.45) is 0 Å². The lowest BCUT2D eigenvalue weighted by Gasteiger charge is -2.41. The number of oxazole rings is 1. The van der Waals surface area contributed by atoms with Crippen LogP contribution < -0.4 is 23.8 Å². The zero-order valence-corrected chi connectivity index (χ0v) is 27.1. The lowest BCUT2D eigenvalue weighted by Crippen LogP contribution is -2.54. The summed E-state index contributed by atoms with van der Waals surface area (Å²) < 4.78 is 53.0. The molecule has 46 heavy (non-hydrogen) atoms. The van der Waals surface area contributed by atoms with Crippen molar-refractivity contribution in [3.63, 3.8) is 0 Å². The highest BCUT2D eigenvalue weighted by atomic mass is 35.5. The topological polar surface area (TPSA) is 123 Å². The molecule has 1 saturated heterocycles. The van der Waals surface area contributed by atoms with E-state index in [1.54, 1.807) is 36.5 Å². The highest BCUT2D eigenvalue weighted by molar-refractivity contribution is 7.93. The van der Waals surface area contributed by atoms with E-state index >= 15 is 4.79 Å². The van der Waals surface area contributed by atoms with Gasteiger partial charge in [0.25, 0.3) is 15.9 Å². The zero-order chi connectivity index (χ0) is 32.2. The summed E-state index contributed by atoms with van der Waals surface area (Å²) in [6.45, 7) is 4.95. The molecule has 0 radical (unpaired) electrons. The third-order valence-electron chi connectivity index (χ3n) is 8.72. The van der Waals surface area contributed by atoms with Crippen molar-refractivity contribution < 1.29 is 31.8 Å². The predicted molar refractivity (Wildman–Crippen MR) is 170 cm³/mol. The Kier molecular flexibility index (Phi) is 7.71. The van der Waals surface area contributed by atoms with Crippen LogP contribution in [0.4, 0.5) is 5.69 Å². The van der Waals surface area contributed by atoms with E-state index in [0.717, 1.165) is 9.87 Å². The molecule has 11 nitrogen and oxygen atoms in total. The number of benzene rings is 3. The fraction of sp³-hybridized carbons (Fsp3) is 0.333. The quantitative estimate of drug-likeness (QED) is 0.249. The molecule has 0 bridgehead atoms. The van der Waals surface area contributed by atoms with Crippen molar-refractivity contribution in [2.75, 3.05) is 24.8 Å². The van der Waals surface area contributed by atoms with Crippen LogP contribution in [0, 0.1) is 0 Å². The van der Waals surface area contributed by atoms with Crippen LogP contribution in [0.2, 0.25) is 5.02 Å². The Morgan fingerprint density at radius 3 is 2.63 bits per heavy atom. The van der Waals surface area contributed by atoms with Gasteiger partial charge in [-0.2, -0.15) is 0 Å². The largest absolute Gasteiger partial charge is 0.497 e. The Morgan fingerprint density at radius 1 is 1.11 bits per heavy atom.